The molecular formula is C12H9BrINS. The van der Waals surface area contributed by atoms with Crippen molar-refractivity contribution in [1.29, 1.82) is 0 Å². The molecule has 0 radical (unpaired) electrons. The van der Waals surface area contributed by atoms with E-state index in [0.717, 1.165) is 15.3 Å². The minimum absolute atomic E-state index is 0.951. The number of hydrogen-bond acceptors (Lipinski definition) is 2. The minimum Gasteiger partial charge on any atom is -0.249 e. The normalized spacial score (nSPS) is 10.4. The predicted octanol–water partition coefficient (Wildman–Crippen LogP) is 4.74. The lowest BCUT2D eigenvalue weighted by molar-refractivity contribution is 1.11. The first kappa shape index (κ1) is 12.4. The van der Waals surface area contributed by atoms with Crippen molar-refractivity contribution in [2.24, 2.45) is 0 Å². The van der Waals surface area contributed by atoms with E-state index < -0.39 is 0 Å². The molecule has 0 amide bonds. The molecule has 0 bridgehead atoms. The number of pyridine rings is 1. The summed E-state index contributed by atoms with van der Waals surface area (Å²) in [6.07, 6.45) is 1.82. The summed E-state index contributed by atoms with van der Waals surface area (Å²) in [4.78, 5) is 4.33. The van der Waals surface area contributed by atoms with E-state index in [-0.39, 0.29) is 0 Å². The van der Waals surface area contributed by atoms with Gasteiger partial charge in [0.25, 0.3) is 0 Å². The van der Waals surface area contributed by atoms with Crippen molar-refractivity contribution >= 4 is 50.3 Å². The summed E-state index contributed by atoms with van der Waals surface area (Å²) >= 11 is 7.56. The molecule has 82 valence electrons. The molecule has 0 saturated heterocycles. The quantitative estimate of drug-likeness (QED) is 0.540. The van der Waals surface area contributed by atoms with Crippen LogP contribution in [-0.2, 0) is 5.75 Å². The number of rotatable bonds is 3. The fraction of sp³-hybridized carbons (Fsp3) is 0.0833. The van der Waals surface area contributed by atoms with E-state index in [9.17, 15) is 0 Å². The fourth-order valence-corrected chi connectivity index (χ4v) is 3.00. The van der Waals surface area contributed by atoms with Crippen molar-refractivity contribution < 1.29 is 0 Å². The SMILES string of the molecule is Brc1cccnc1SCc1ccc(I)cc1. The van der Waals surface area contributed by atoms with Gasteiger partial charge >= 0.3 is 0 Å². The van der Waals surface area contributed by atoms with Crippen molar-refractivity contribution in [1.82, 2.24) is 4.98 Å². The van der Waals surface area contributed by atoms with Crippen LogP contribution in [0.25, 0.3) is 0 Å². The lowest BCUT2D eigenvalue weighted by Gasteiger charge is -2.03. The summed E-state index contributed by atoms with van der Waals surface area (Å²) in [5.74, 6) is 0.951. The Morgan fingerprint density at radius 2 is 1.94 bits per heavy atom. The Morgan fingerprint density at radius 1 is 1.19 bits per heavy atom. The Hall–Kier alpha value is -0.0700. The van der Waals surface area contributed by atoms with Crippen LogP contribution in [-0.4, -0.2) is 4.98 Å². The molecule has 2 rings (SSSR count). The summed E-state index contributed by atoms with van der Waals surface area (Å²) in [7, 11) is 0. The molecule has 0 unspecified atom stereocenters. The largest absolute Gasteiger partial charge is 0.249 e. The summed E-state index contributed by atoms with van der Waals surface area (Å²) in [6, 6.07) is 12.5. The van der Waals surface area contributed by atoms with Gasteiger partial charge in [-0.05, 0) is 68.3 Å². The standard InChI is InChI=1S/C12H9BrINS/c13-11-2-1-7-15-12(11)16-8-9-3-5-10(14)6-4-9/h1-7H,8H2. The molecule has 0 fully saturated rings. The molecule has 0 N–H and O–H groups in total. The van der Waals surface area contributed by atoms with Gasteiger partial charge in [-0.15, -0.1) is 11.8 Å². The summed E-state index contributed by atoms with van der Waals surface area (Å²) < 4.78 is 2.33. The van der Waals surface area contributed by atoms with Crippen LogP contribution in [0.15, 0.2) is 52.1 Å². The Balaban J connectivity index is 2.02. The Bertz CT molecular complexity index is 473. The highest BCUT2D eigenvalue weighted by Gasteiger charge is 2.01. The van der Waals surface area contributed by atoms with Crippen LogP contribution in [0.4, 0.5) is 0 Å². The van der Waals surface area contributed by atoms with Gasteiger partial charge in [0.05, 0.1) is 0 Å². The van der Waals surface area contributed by atoms with Crippen LogP contribution >= 0.6 is 50.3 Å². The summed E-state index contributed by atoms with van der Waals surface area (Å²) in [5.41, 5.74) is 1.32. The monoisotopic (exact) mass is 405 g/mol. The van der Waals surface area contributed by atoms with Crippen LogP contribution < -0.4 is 0 Å². The van der Waals surface area contributed by atoms with Gasteiger partial charge < -0.3 is 0 Å². The smallest absolute Gasteiger partial charge is 0.110 e. The van der Waals surface area contributed by atoms with Gasteiger partial charge in [-0.3, -0.25) is 0 Å². The molecule has 0 saturated carbocycles. The number of aromatic nitrogens is 1. The zero-order chi connectivity index (χ0) is 11.4. The average molecular weight is 406 g/mol. The second kappa shape index (κ2) is 6.02. The maximum absolute atomic E-state index is 4.33. The highest BCUT2D eigenvalue weighted by atomic mass is 127. The molecule has 1 aromatic heterocycles. The van der Waals surface area contributed by atoms with Crippen LogP contribution in [0.3, 0.4) is 0 Å². The highest BCUT2D eigenvalue weighted by Crippen LogP contribution is 2.27. The van der Waals surface area contributed by atoms with Crippen molar-refractivity contribution in [2.75, 3.05) is 0 Å². The Labute approximate surface area is 121 Å². The highest BCUT2D eigenvalue weighted by molar-refractivity contribution is 14.1. The van der Waals surface area contributed by atoms with Gasteiger partial charge in [-0.25, -0.2) is 4.98 Å². The maximum Gasteiger partial charge on any atom is 0.110 e. The van der Waals surface area contributed by atoms with Gasteiger partial charge in [0.2, 0.25) is 0 Å². The van der Waals surface area contributed by atoms with Gasteiger partial charge in [-0.1, -0.05) is 12.1 Å². The molecule has 1 aromatic carbocycles. The number of hydrogen-bond donors (Lipinski definition) is 0. The lowest BCUT2D eigenvalue weighted by atomic mass is 10.2. The van der Waals surface area contributed by atoms with Gasteiger partial charge in [-0.2, -0.15) is 0 Å². The Morgan fingerprint density at radius 3 is 2.62 bits per heavy atom. The maximum atomic E-state index is 4.33. The van der Waals surface area contributed by atoms with E-state index in [4.69, 9.17) is 0 Å². The van der Waals surface area contributed by atoms with Crippen LogP contribution in [0.5, 0.6) is 0 Å². The molecule has 0 aliphatic heterocycles. The molecule has 0 spiro atoms. The average Bonchev–Trinajstić information content (AvgIpc) is 2.30. The van der Waals surface area contributed by atoms with E-state index >= 15 is 0 Å². The molecular weight excluding hydrogens is 397 g/mol. The molecule has 0 aliphatic rings. The third-order valence-corrected chi connectivity index (χ3v) is 4.71. The summed E-state index contributed by atoms with van der Waals surface area (Å²) in [5, 5.41) is 1.04. The zero-order valence-corrected chi connectivity index (χ0v) is 12.9. The lowest BCUT2D eigenvalue weighted by Crippen LogP contribution is -1.84. The topological polar surface area (TPSA) is 12.9 Å². The first-order valence-corrected chi connectivity index (χ1v) is 7.59. The fourth-order valence-electron chi connectivity index (χ4n) is 1.21. The molecule has 1 nitrogen and oxygen atoms in total. The molecule has 16 heavy (non-hydrogen) atoms. The van der Waals surface area contributed by atoms with Crippen LogP contribution in [0, 0.1) is 3.57 Å². The Kier molecular flexibility index (Phi) is 4.66. The van der Waals surface area contributed by atoms with Crippen molar-refractivity contribution in [3.8, 4) is 0 Å². The first-order valence-electron chi connectivity index (χ1n) is 4.73. The van der Waals surface area contributed by atoms with Crippen LogP contribution in [0.1, 0.15) is 5.56 Å². The van der Waals surface area contributed by atoms with E-state index in [0.29, 0.717) is 0 Å². The second-order valence-corrected chi connectivity index (χ2v) is 6.27. The van der Waals surface area contributed by atoms with Crippen molar-refractivity contribution in [3.05, 3.63) is 56.2 Å². The van der Waals surface area contributed by atoms with E-state index in [2.05, 4.69) is 67.8 Å². The second-order valence-electron chi connectivity index (χ2n) is 3.21. The van der Waals surface area contributed by atoms with Crippen molar-refractivity contribution in [2.45, 2.75) is 10.8 Å². The number of thioether (sulfide) groups is 1. The predicted molar refractivity (Wildman–Crippen MR) is 80.7 cm³/mol. The van der Waals surface area contributed by atoms with Crippen LogP contribution in [0.2, 0.25) is 0 Å². The van der Waals surface area contributed by atoms with Crippen molar-refractivity contribution in [3.63, 3.8) is 0 Å². The molecule has 0 atom stereocenters. The molecule has 4 heteroatoms. The molecule has 0 aliphatic carbocycles. The summed E-state index contributed by atoms with van der Waals surface area (Å²) in [6.45, 7) is 0. The number of halogens is 2. The molecule has 2 aromatic rings. The van der Waals surface area contributed by atoms with Gasteiger partial charge in [0, 0.05) is 20.0 Å². The zero-order valence-electron chi connectivity index (χ0n) is 8.36. The first-order chi connectivity index (χ1) is 7.75. The van der Waals surface area contributed by atoms with E-state index in [1.54, 1.807) is 11.8 Å². The number of benzene rings is 1. The number of nitrogens with zero attached hydrogens (tertiary/aromatic N) is 1. The van der Waals surface area contributed by atoms with E-state index in [1.807, 2.05) is 18.3 Å². The third-order valence-electron chi connectivity index (χ3n) is 2.01. The van der Waals surface area contributed by atoms with E-state index in [1.165, 1.54) is 9.13 Å². The third kappa shape index (κ3) is 3.46. The minimum atomic E-state index is 0.951. The van der Waals surface area contributed by atoms with Gasteiger partial charge in [0.1, 0.15) is 5.03 Å². The van der Waals surface area contributed by atoms with Gasteiger partial charge in [0.15, 0.2) is 0 Å². The molecule has 1 heterocycles.